The molecule has 1 atom stereocenters. The highest BCUT2D eigenvalue weighted by molar-refractivity contribution is 5.91. The number of oxazole rings is 1. The number of rotatable bonds is 3. The highest BCUT2D eigenvalue weighted by Crippen LogP contribution is 2.27. The molecule has 21 heavy (non-hydrogen) atoms. The van der Waals surface area contributed by atoms with Gasteiger partial charge in [0, 0.05) is 31.7 Å². The summed E-state index contributed by atoms with van der Waals surface area (Å²) in [6, 6.07) is 5.95. The summed E-state index contributed by atoms with van der Waals surface area (Å²) in [5, 5.41) is 3.05. The third-order valence-corrected chi connectivity index (χ3v) is 3.80. The summed E-state index contributed by atoms with van der Waals surface area (Å²) < 4.78 is 5.10. The molecule has 0 unspecified atom stereocenters. The van der Waals surface area contributed by atoms with E-state index in [0.29, 0.717) is 12.3 Å². The van der Waals surface area contributed by atoms with Crippen molar-refractivity contribution >= 4 is 11.7 Å². The van der Waals surface area contributed by atoms with E-state index < -0.39 is 0 Å². The third kappa shape index (κ3) is 2.89. The zero-order valence-corrected chi connectivity index (χ0v) is 12.0. The lowest BCUT2D eigenvalue weighted by atomic mass is 9.94. The average Bonchev–Trinajstić information content (AvgIpc) is 3.09. The van der Waals surface area contributed by atoms with E-state index in [0.717, 1.165) is 30.9 Å². The first kappa shape index (κ1) is 13.6. The van der Waals surface area contributed by atoms with Crippen LogP contribution in [0, 0.1) is 0 Å². The summed E-state index contributed by atoms with van der Waals surface area (Å²) in [7, 11) is 1.85. The largest absolute Gasteiger partial charge is 0.438 e. The smallest absolute Gasteiger partial charge is 0.291 e. The van der Waals surface area contributed by atoms with Gasteiger partial charge in [-0.2, -0.15) is 0 Å². The van der Waals surface area contributed by atoms with E-state index in [4.69, 9.17) is 4.42 Å². The van der Waals surface area contributed by atoms with Crippen LogP contribution < -0.4 is 5.32 Å². The van der Waals surface area contributed by atoms with Crippen LogP contribution in [0.2, 0.25) is 0 Å². The molecule has 0 aliphatic carbocycles. The molecule has 0 radical (unpaired) electrons. The van der Waals surface area contributed by atoms with Crippen LogP contribution in [0.4, 0.5) is 5.82 Å². The highest BCUT2D eigenvalue weighted by Gasteiger charge is 2.27. The Hall–Kier alpha value is -2.37. The Labute approximate surface area is 123 Å². The van der Waals surface area contributed by atoms with Crippen LogP contribution in [-0.4, -0.2) is 40.9 Å². The zero-order valence-electron chi connectivity index (χ0n) is 12.0. The highest BCUT2D eigenvalue weighted by atomic mass is 16.3. The molecule has 1 N–H and O–H groups in total. The Bertz CT molecular complexity index is 612. The fraction of sp³-hybridized carbons (Fsp3) is 0.400. The zero-order chi connectivity index (χ0) is 14.7. The van der Waals surface area contributed by atoms with Gasteiger partial charge < -0.3 is 14.6 Å². The maximum atomic E-state index is 12.3. The number of nitrogens with one attached hydrogen (secondary N) is 1. The molecule has 1 fully saturated rings. The van der Waals surface area contributed by atoms with Gasteiger partial charge in [0.25, 0.3) is 5.91 Å². The van der Waals surface area contributed by atoms with Crippen molar-refractivity contribution in [3.05, 3.63) is 42.2 Å². The van der Waals surface area contributed by atoms with Crippen LogP contribution in [0.3, 0.4) is 0 Å². The molecule has 0 saturated carbocycles. The number of piperidine rings is 1. The number of aromatic nitrogens is 2. The Kier molecular flexibility index (Phi) is 3.85. The Morgan fingerprint density at radius 3 is 3.14 bits per heavy atom. The Morgan fingerprint density at radius 1 is 1.48 bits per heavy atom. The van der Waals surface area contributed by atoms with Crippen LogP contribution in [0.5, 0.6) is 0 Å². The van der Waals surface area contributed by atoms with Crippen molar-refractivity contribution < 1.29 is 9.21 Å². The van der Waals surface area contributed by atoms with Crippen molar-refractivity contribution in [1.82, 2.24) is 14.9 Å². The molecule has 3 rings (SSSR count). The monoisotopic (exact) mass is 286 g/mol. The van der Waals surface area contributed by atoms with Crippen LogP contribution in [0.25, 0.3) is 0 Å². The van der Waals surface area contributed by atoms with E-state index in [-0.39, 0.29) is 11.8 Å². The number of carbonyl (C=O) groups is 1. The van der Waals surface area contributed by atoms with Crippen LogP contribution >= 0.6 is 0 Å². The number of hydrogen-bond acceptors (Lipinski definition) is 5. The van der Waals surface area contributed by atoms with Gasteiger partial charge in [0.1, 0.15) is 5.82 Å². The number of carbonyl (C=O) groups excluding carboxylic acids is 1. The maximum Gasteiger partial charge on any atom is 0.291 e. The summed E-state index contributed by atoms with van der Waals surface area (Å²) in [5.41, 5.74) is 1.02. The lowest BCUT2D eigenvalue weighted by Gasteiger charge is -2.32. The summed E-state index contributed by atoms with van der Waals surface area (Å²) in [5.74, 6) is 1.32. The standard InChI is InChI=1S/C15H18N4O2/c1-16-14-6-2-5-12(18-14)11-4-3-7-19(9-11)15(20)13-8-17-10-21-13/h2,5-6,8,10-11H,3-4,7,9H2,1H3,(H,16,18)/t11-/m1/s1. The van der Waals surface area contributed by atoms with Gasteiger partial charge in [0.2, 0.25) is 5.76 Å². The lowest BCUT2D eigenvalue weighted by Crippen LogP contribution is -2.39. The van der Waals surface area contributed by atoms with Gasteiger partial charge in [-0.1, -0.05) is 6.07 Å². The minimum absolute atomic E-state index is 0.0954. The molecule has 3 heterocycles. The van der Waals surface area contributed by atoms with Crippen molar-refractivity contribution in [3.63, 3.8) is 0 Å². The molecule has 6 nitrogen and oxygen atoms in total. The second-order valence-electron chi connectivity index (χ2n) is 5.15. The van der Waals surface area contributed by atoms with Gasteiger partial charge >= 0.3 is 0 Å². The topological polar surface area (TPSA) is 71.3 Å². The SMILES string of the molecule is CNc1cccc([C@@H]2CCCN(C(=O)c3cnco3)C2)n1. The van der Waals surface area contributed by atoms with Gasteiger partial charge in [-0.05, 0) is 25.0 Å². The second kappa shape index (κ2) is 5.95. The van der Waals surface area contributed by atoms with Gasteiger partial charge in [0.05, 0.1) is 6.20 Å². The molecule has 0 spiro atoms. The quantitative estimate of drug-likeness (QED) is 0.936. The van der Waals surface area contributed by atoms with E-state index >= 15 is 0 Å². The average molecular weight is 286 g/mol. The third-order valence-electron chi connectivity index (χ3n) is 3.80. The molecule has 1 aliphatic rings. The Morgan fingerprint density at radius 2 is 2.38 bits per heavy atom. The van der Waals surface area contributed by atoms with Gasteiger partial charge in [0.15, 0.2) is 6.39 Å². The molecule has 110 valence electrons. The van der Waals surface area contributed by atoms with Crippen molar-refractivity contribution in [1.29, 1.82) is 0 Å². The van der Waals surface area contributed by atoms with Crippen molar-refractivity contribution in [3.8, 4) is 0 Å². The number of anilines is 1. The number of hydrogen-bond donors (Lipinski definition) is 1. The second-order valence-corrected chi connectivity index (χ2v) is 5.15. The fourth-order valence-electron chi connectivity index (χ4n) is 2.70. The minimum Gasteiger partial charge on any atom is -0.438 e. The lowest BCUT2D eigenvalue weighted by molar-refractivity contribution is 0.0674. The van der Waals surface area contributed by atoms with E-state index in [1.807, 2.05) is 30.1 Å². The predicted molar refractivity (Wildman–Crippen MR) is 78.2 cm³/mol. The van der Waals surface area contributed by atoms with E-state index in [1.54, 1.807) is 0 Å². The fourth-order valence-corrected chi connectivity index (χ4v) is 2.70. The summed E-state index contributed by atoms with van der Waals surface area (Å²) in [6.07, 6.45) is 4.76. The summed E-state index contributed by atoms with van der Waals surface area (Å²) in [6.45, 7) is 1.42. The predicted octanol–water partition coefficient (Wildman–Crippen LogP) is 2.13. The molecular formula is C15H18N4O2. The van der Waals surface area contributed by atoms with Crippen molar-refractivity contribution in [2.75, 3.05) is 25.5 Å². The summed E-state index contributed by atoms with van der Waals surface area (Å²) >= 11 is 0. The normalized spacial score (nSPS) is 18.5. The summed E-state index contributed by atoms with van der Waals surface area (Å²) in [4.78, 5) is 22.5. The number of likely N-dealkylation sites (tertiary alicyclic amines) is 1. The van der Waals surface area contributed by atoms with Crippen molar-refractivity contribution in [2.45, 2.75) is 18.8 Å². The first-order valence-corrected chi connectivity index (χ1v) is 7.10. The number of amides is 1. The molecule has 0 bridgehead atoms. The Balaban J connectivity index is 1.75. The van der Waals surface area contributed by atoms with Crippen LogP contribution in [-0.2, 0) is 0 Å². The first-order chi connectivity index (χ1) is 10.3. The molecular weight excluding hydrogens is 268 g/mol. The van der Waals surface area contributed by atoms with Gasteiger partial charge in [-0.3, -0.25) is 4.79 Å². The number of nitrogens with zero attached hydrogens (tertiary/aromatic N) is 3. The van der Waals surface area contributed by atoms with Gasteiger partial charge in [-0.15, -0.1) is 0 Å². The van der Waals surface area contributed by atoms with E-state index in [1.165, 1.54) is 12.6 Å². The molecule has 0 aromatic carbocycles. The number of pyridine rings is 1. The molecule has 1 saturated heterocycles. The molecule has 1 aliphatic heterocycles. The van der Waals surface area contributed by atoms with Crippen LogP contribution in [0.1, 0.15) is 35.0 Å². The van der Waals surface area contributed by atoms with E-state index in [9.17, 15) is 4.79 Å². The molecule has 2 aromatic rings. The van der Waals surface area contributed by atoms with Crippen molar-refractivity contribution in [2.24, 2.45) is 0 Å². The molecule has 2 aromatic heterocycles. The molecule has 1 amide bonds. The minimum atomic E-state index is -0.0954. The van der Waals surface area contributed by atoms with E-state index in [2.05, 4.69) is 15.3 Å². The van der Waals surface area contributed by atoms with Crippen LogP contribution in [0.15, 0.2) is 35.2 Å². The van der Waals surface area contributed by atoms with Gasteiger partial charge in [-0.25, -0.2) is 9.97 Å². The maximum absolute atomic E-state index is 12.3. The first-order valence-electron chi connectivity index (χ1n) is 7.10. The molecule has 6 heteroatoms.